The summed E-state index contributed by atoms with van der Waals surface area (Å²) in [4.78, 5) is 39.6. The Kier molecular flexibility index (Phi) is 9.52. The van der Waals surface area contributed by atoms with Crippen LogP contribution in [-0.4, -0.2) is 17.8 Å². The van der Waals surface area contributed by atoms with Gasteiger partial charge in [0, 0.05) is 27.4 Å². The van der Waals surface area contributed by atoms with Crippen molar-refractivity contribution in [1.29, 1.82) is 0 Å². The Hall–Kier alpha value is -4.65. The van der Waals surface area contributed by atoms with E-state index in [0.717, 1.165) is 11.6 Å². The maximum Gasteiger partial charge on any atom is 0.343 e. The summed E-state index contributed by atoms with van der Waals surface area (Å²) in [5.74, 6) is -3.20. The van der Waals surface area contributed by atoms with Crippen LogP contribution in [0.15, 0.2) is 115 Å². The molecular weight excluding hydrogens is 549 g/mol. The van der Waals surface area contributed by atoms with Crippen molar-refractivity contribution in [2.75, 3.05) is 5.32 Å². The Morgan fingerprint density at radius 2 is 1.27 bits per heavy atom. The van der Waals surface area contributed by atoms with Crippen LogP contribution in [-0.2, 0) is 19.1 Å². The molecule has 0 aromatic heterocycles. The highest BCUT2D eigenvalue weighted by atomic mass is 35.5. The number of esters is 2. The fourth-order valence-electron chi connectivity index (χ4n) is 3.46. The molecule has 40 heavy (non-hydrogen) atoms. The SMILES string of the molecule is Cc1ccc(C(=O)O/C(=C(\OC(=O)/C=C/c2ccc(Cl)cc2)C(=O)Nc2ccccc2)c2ccc(Cl)cc2)cc1. The van der Waals surface area contributed by atoms with E-state index in [0.29, 0.717) is 21.3 Å². The zero-order chi connectivity index (χ0) is 28.5. The number of benzene rings is 4. The molecule has 4 aromatic carbocycles. The zero-order valence-electron chi connectivity index (χ0n) is 21.3. The Bertz CT molecular complexity index is 1560. The van der Waals surface area contributed by atoms with E-state index in [9.17, 15) is 14.4 Å². The number of carbonyl (C=O) groups excluding carboxylic acids is 3. The highest BCUT2D eigenvalue weighted by molar-refractivity contribution is 6.30. The lowest BCUT2D eigenvalue weighted by Gasteiger charge is -2.15. The van der Waals surface area contributed by atoms with E-state index >= 15 is 0 Å². The molecule has 200 valence electrons. The molecule has 0 fully saturated rings. The van der Waals surface area contributed by atoms with Crippen LogP contribution in [0.25, 0.3) is 11.8 Å². The lowest BCUT2D eigenvalue weighted by molar-refractivity contribution is -0.137. The average Bonchev–Trinajstić information content (AvgIpc) is 2.96. The van der Waals surface area contributed by atoms with Gasteiger partial charge in [-0.1, -0.05) is 71.2 Å². The van der Waals surface area contributed by atoms with Gasteiger partial charge < -0.3 is 14.8 Å². The molecule has 1 amide bonds. The molecule has 0 atom stereocenters. The van der Waals surface area contributed by atoms with Crippen molar-refractivity contribution in [2.24, 2.45) is 0 Å². The number of halogens is 2. The maximum absolute atomic E-state index is 13.5. The van der Waals surface area contributed by atoms with E-state index in [1.54, 1.807) is 103 Å². The first-order valence-electron chi connectivity index (χ1n) is 12.1. The molecule has 6 nitrogen and oxygen atoms in total. The first kappa shape index (κ1) is 28.4. The topological polar surface area (TPSA) is 81.7 Å². The third-order valence-electron chi connectivity index (χ3n) is 5.52. The number of nitrogens with one attached hydrogen (secondary N) is 1. The van der Waals surface area contributed by atoms with Gasteiger partial charge in [-0.2, -0.15) is 0 Å². The molecule has 0 heterocycles. The van der Waals surface area contributed by atoms with Crippen molar-refractivity contribution in [3.63, 3.8) is 0 Å². The molecule has 0 saturated carbocycles. The number of aryl methyl sites for hydroxylation is 1. The fraction of sp³-hybridized carbons (Fsp3) is 0.0312. The largest absolute Gasteiger partial charge is 0.418 e. The number of carbonyl (C=O) groups is 3. The van der Waals surface area contributed by atoms with Crippen molar-refractivity contribution < 1.29 is 23.9 Å². The summed E-state index contributed by atoms with van der Waals surface area (Å²) in [6.45, 7) is 1.89. The smallest absolute Gasteiger partial charge is 0.343 e. The van der Waals surface area contributed by atoms with Gasteiger partial charge in [-0.25, -0.2) is 9.59 Å². The second kappa shape index (κ2) is 13.4. The van der Waals surface area contributed by atoms with Crippen LogP contribution < -0.4 is 5.32 Å². The average molecular weight is 572 g/mol. The van der Waals surface area contributed by atoms with Crippen molar-refractivity contribution in [2.45, 2.75) is 6.92 Å². The number of hydrogen-bond donors (Lipinski definition) is 1. The lowest BCUT2D eigenvalue weighted by atomic mass is 10.1. The fourth-order valence-corrected chi connectivity index (χ4v) is 3.71. The first-order chi connectivity index (χ1) is 19.3. The number of rotatable bonds is 8. The highest BCUT2D eigenvalue weighted by Gasteiger charge is 2.26. The van der Waals surface area contributed by atoms with Crippen LogP contribution in [0.5, 0.6) is 0 Å². The van der Waals surface area contributed by atoms with E-state index in [-0.39, 0.29) is 16.9 Å². The summed E-state index contributed by atoms with van der Waals surface area (Å²) < 4.78 is 11.3. The third kappa shape index (κ3) is 7.93. The van der Waals surface area contributed by atoms with Crippen molar-refractivity contribution in [1.82, 2.24) is 0 Å². The summed E-state index contributed by atoms with van der Waals surface area (Å²) in [5.41, 5.74) is 2.61. The van der Waals surface area contributed by atoms with Gasteiger partial charge in [0.25, 0.3) is 5.91 Å². The number of amides is 1. The summed E-state index contributed by atoms with van der Waals surface area (Å²) >= 11 is 12.0. The summed E-state index contributed by atoms with van der Waals surface area (Å²) in [6, 6.07) is 28.3. The molecule has 0 aliphatic heterocycles. The van der Waals surface area contributed by atoms with Gasteiger partial charge in [0.1, 0.15) is 0 Å². The van der Waals surface area contributed by atoms with Gasteiger partial charge in [-0.05, 0) is 79.2 Å². The molecule has 0 saturated heterocycles. The second-order valence-electron chi connectivity index (χ2n) is 8.55. The van der Waals surface area contributed by atoms with Gasteiger partial charge in [0.05, 0.1) is 5.56 Å². The summed E-state index contributed by atoms with van der Waals surface area (Å²) in [5, 5.41) is 3.65. The Morgan fingerprint density at radius 1 is 0.700 bits per heavy atom. The quantitative estimate of drug-likeness (QED) is 0.133. The summed E-state index contributed by atoms with van der Waals surface area (Å²) in [6.07, 6.45) is 2.66. The molecule has 1 N–H and O–H groups in total. The van der Waals surface area contributed by atoms with Crippen LogP contribution in [0.2, 0.25) is 10.0 Å². The van der Waals surface area contributed by atoms with E-state index in [1.807, 2.05) is 6.92 Å². The van der Waals surface area contributed by atoms with E-state index in [4.69, 9.17) is 32.7 Å². The third-order valence-corrected chi connectivity index (χ3v) is 6.02. The standard InChI is InChI=1S/C32H23Cl2NO5/c1-21-7-12-24(13-8-21)32(38)40-29(23-14-18-26(34)19-15-23)30(31(37)35-27-5-3-2-4-6-27)39-28(36)20-11-22-9-16-25(33)17-10-22/h2-20H,1H3,(H,35,37)/b20-11+,30-29-. The second-order valence-corrected chi connectivity index (χ2v) is 9.42. The molecular formula is C32H23Cl2NO5. The van der Waals surface area contributed by atoms with Gasteiger partial charge in [0.15, 0.2) is 5.76 Å². The van der Waals surface area contributed by atoms with Gasteiger partial charge >= 0.3 is 11.9 Å². The predicted octanol–water partition coefficient (Wildman–Crippen LogP) is 7.72. The van der Waals surface area contributed by atoms with Crippen molar-refractivity contribution in [3.05, 3.63) is 147 Å². The van der Waals surface area contributed by atoms with Crippen molar-refractivity contribution >= 4 is 58.6 Å². The number of anilines is 1. The number of para-hydroxylation sites is 1. The molecule has 8 heteroatoms. The molecule has 4 rings (SSSR count). The molecule has 0 radical (unpaired) electrons. The van der Waals surface area contributed by atoms with E-state index < -0.39 is 23.6 Å². The zero-order valence-corrected chi connectivity index (χ0v) is 22.8. The van der Waals surface area contributed by atoms with Crippen molar-refractivity contribution in [3.8, 4) is 0 Å². The van der Waals surface area contributed by atoms with Crippen LogP contribution in [0.4, 0.5) is 5.69 Å². The number of ether oxygens (including phenoxy) is 2. The van der Waals surface area contributed by atoms with Crippen LogP contribution in [0.3, 0.4) is 0 Å². The molecule has 0 aliphatic rings. The van der Waals surface area contributed by atoms with Crippen LogP contribution >= 0.6 is 23.2 Å². The van der Waals surface area contributed by atoms with Gasteiger partial charge in [-0.15, -0.1) is 0 Å². The van der Waals surface area contributed by atoms with Crippen LogP contribution in [0.1, 0.15) is 27.0 Å². The predicted molar refractivity (Wildman–Crippen MR) is 157 cm³/mol. The minimum atomic E-state index is -0.869. The highest BCUT2D eigenvalue weighted by Crippen LogP contribution is 2.26. The molecule has 0 bridgehead atoms. The normalized spacial score (nSPS) is 11.5. The maximum atomic E-state index is 13.5. The lowest BCUT2D eigenvalue weighted by Crippen LogP contribution is -2.21. The molecule has 0 aliphatic carbocycles. The molecule has 0 spiro atoms. The van der Waals surface area contributed by atoms with E-state index in [1.165, 1.54) is 6.08 Å². The Morgan fingerprint density at radius 3 is 1.90 bits per heavy atom. The Labute approximate surface area is 241 Å². The van der Waals surface area contributed by atoms with Gasteiger partial charge in [-0.3, -0.25) is 4.79 Å². The Balaban J connectivity index is 1.75. The van der Waals surface area contributed by atoms with Gasteiger partial charge in [0.2, 0.25) is 5.76 Å². The van der Waals surface area contributed by atoms with Crippen LogP contribution in [0, 0.1) is 6.92 Å². The molecule has 4 aromatic rings. The molecule has 0 unspecified atom stereocenters. The minimum Gasteiger partial charge on any atom is -0.418 e. The summed E-state index contributed by atoms with van der Waals surface area (Å²) in [7, 11) is 0. The minimum absolute atomic E-state index is 0.244. The number of hydrogen-bond acceptors (Lipinski definition) is 5. The first-order valence-corrected chi connectivity index (χ1v) is 12.8. The monoisotopic (exact) mass is 571 g/mol. The van der Waals surface area contributed by atoms with E-state index in [2.05, 4.69) is 5.32 Å².